The number of aliphatic imine (C=N–C) groups is 1. The molecule has 0 aromatic heterocycles. The van der Waals surface area contributed by atoms with Crippen molar-refractivity contribution < 1.29 is 13.2 Å². The van der Waals surface area contributed by atoms with E-state index in [4.69, 9.17) is 5.73 Å². The number of rotatable bonds is 3. The standard InChI is InChI=1S/C13H14F3N3/c1-2-6-19-11(8-18-12(19)17)9-4-3-5-10(7-9)13(14,15)16/h2-5,7,11H,1,6,8H2,(H2,17,18). The Bertz CT molecular complexity index is 508. The second-order valence-electron chi connectivity index (χ2n) is 4.28. The SMILES string of the molecule is C=CCN1C(N)=NCC1c1cccc(C(F)(F)F)c1. The zero-order valence-electron chi connectivity index (χ0n) is 10.2. The van der Waals surface area contributed by atoms with E-state index in [-0.39, 0.29) is 6.04 Å². The number of hydrogen-bond acceptors (Lipinski definition) is 3. The number of nitrogens with zero attached hydrogens (tertiary/aromatic N) is 2. The van der Waals surface area contributed by atoms with Crippen LogP contribution in [0.2, 0.25) is 0 Å². The first-order chi connectivity index (χ1) is 8.93. The summed E-state index contributed by atoms with van der Waals surface area (Å²) in [4.78, 5) is 5.82. The van der Waals surface area contributed by atoms with Crippen LogP contribution in [0.3, 0.4) is 0 Å². The summed E-state index contributed by atoms with van der Waals surface area (Å²) in [6.07, 6.45) is -2.70. The van der Waals surface area contributed by atoms with Crippen molar-refractivity contribution in [3.8, 4) is 0 Å². The van der Waals surface area contributed by atoms with Gasteiger partial charge in [-0.1, -0.05) is 18.2 Å². The van der Waals surface area contributed by atoms with Gasteiger partial charge in [-0.25, -0.2) is 0 Å². The Kier molecular flexibility index (Phi) is 3.50. The Balaban J connectivity index is 2.30. The molecule has 0 saturated heterocycles. The van der Waals surface area contributed by atoms with E-state index in [9.17, 15) is 13.2 Å². The number of halogens is 3. The minimum Gasteiger partial charge on any atom is -0.370 e. The van der Waals surface area contributed by atoms with Crippen molar-refractivity contribution in [2.24, 2.45) is 10.7 Å². The van der Waals surface area contributed by atoms with Gasteiger partial charge < -0.3 is 10.6 Å². The molecule has 2 N–H and O–H groups in total. The number of guanidine groups is 1. The van der Waals surface area contributed by atoms with E-state index in [1.54, 1.807) is 17.0 Å². The van der Waals surface area contributed by atoms with E-state index in [2.05, 4.69) is 11.6 Å². The van der Waals surface area contributed by atoms with E-state index in [1.165, 1.54) is 6.07 Å². The smallest absolute Gasteiger partial charge is 0.370 e. The maximum atomic E-state index is 12.7. The molecule has 0 fully saturated rings. The predicted octanol–water partition coefficient (Wildman–Crippen LogP) is 2.56. The van der Waals surface area contributed by atoms with Crippen molar-refractivity contribution in [3.05, 3.63) is 48.0 Å². The lowest BCUT2D eigenvalue weighted by Crippen LogP contribution is -2.36. The average molecular weight is 269 g/mol. The van der Waals surface area contributed by atoms with Crippen LogP contribution in [0.25, 0.3) is 0 Å². The van der Waals surface area contributed by atoms with E-state index >= 15 is 0 Å². The first-order valence-corrected chi connectivity index (χ1v) is 5.78. The summed E-state index contributed by atoms with van der Waals surface area (Å²) in [5.74, 6) is 0.335. The highest BCUT2D eigenvalue weighted by Crippen LogP contribution is 2.33. The van der Waals surface area contributed by atoms with Crippen LogP contribution >= 0.6 is 0 Å². The van der Waals surface area contributed by atoms with Gasteiger partial charge in [0.2, 0.25) is 0 Å². The summed E-state index contributed by atoms with van der Waals surface area (Å²) in [6, 6.07) is 5.00. The van der Waals surface area contributed by atoms with Gasteiger partial charge in [-0.2, -0.15) is 13.2 Å². The molecular formula is C13H14F3N3. The molecule has 1 aliphatic rings. The van der Waals surface area contributed by atoms with Gasteiger partial charge in [-0.05, 0) is 17.7 Å². The molecule has 1 unspecified atom stereocenters. The Hall–Kier alpha value is -1.98. The maximum Gasteiger partial charge on any atom is 0.416 e. The van der Waals surface area contributed by atoms with Gasteiger partial charge in [0.1, 0.15) is 0 Å². The normalized spacial score (nSPS) is 19.4. The quantitative estimate of drug-likeness (QED) is 0.857. The summed E-state index contributed by atoms with van der Waals surface area (Å²) in [6.45, 7) is 4.43. The molecule has 19 heavy (non-hydrogen) atoms. The van der Waals surface area contributed by atoms with E-state index in [0.29, 0.717) is 24.6 Å². The number of hydrogen-bond donors (Lipinski definition) is 1. The molecule has 0 bridgehead atoms. The molecule has 1 aromatic carbocycles. The van der Waals surface area contributed by atoms with Crippen molar-refractivity contribution in [3.63, 3.8) is 0 Å². The largest absolute Gasteiger partial charge is 0.416 e. The maximum absolute atomic E-state index is 12.7. The molecule has 1 atom stereocenters. The van der Waals surface area contributed by atoms with Gasteiger partial charge in [-0.3, -0.25) is 4.99 Å². The predicted molar refractivity (Wildman–Crippen MR) is 67.6 cm³/mol. The van der Waals surface area contributed by atoms with E-state index in [0.717, 1.165) is 12.1 Å². The number of benzene rings is 1. The van der Waals surface area contributed by atoms with E-state index < -0.39 is 11.7 Å². The minimum atomic E-state index is -4.34. The molecule has 1 aromatic rings. The number of alkyl halides is 3. The average Bonchev–Trinajstić information content (AvgIpc) is 2.71. The highest BCUT2D eigenvalue weighted by Gasteiger charge is 2.32. The third kappa shape index (κ3) is 2.72. The van der Waals surface area contributed by atoms with Gasteiger partial charge in [0.05, 0.1) is 18.2 Å². The molecule has 0 radical (unpaired) electrons. The molecule has 1 aliphatic heterocycles. The Morgan fingerprint density at radius 3 is 2.84 bits per heavy atom. The zero-order valence-corrected chi connectivity index (χ0v) is 10.2. The van der Waals surface area contributed by atoms with Gasteiger partial charge in [-0.15, -0.1) is 6.58 Å². The van der Waals surface area contributed by atoms with Gasteiger partial charge in [0, 0.05) is 6.54 Å². The van der Waals surface area contributed by atoms with Crippen molar-refractivity contribution in [1.82, 2.24) is 4.90 Å². The highest BCUT2D eigenvalue weighted by atomic mass is 19.4. The van der Waals surface area contributed by atoms with Gasteiger partial charge >= 0.3 is 6.18 Å². The van der Waals surface area contributed by atoms with Crippen LogP contribution in [0.15, 0.2) is 41.9 Å². The molecule has 1 heterocycles. The summed E-state index contributed by atoms with van der Waals surface area (Å²) in [7, 11) is 0. The summed E-state index contributed by atoms with van der Waals surface area (Å²) < 4.78 is 38.1. The monoisotopic (exact) mass is 269 g/mol. The van der Waals surface area contributed by atoms with Crippen LogP contribution in [-0.2, 0) is 6.18 Å². The Morgan fingerprint density at radius 1 is 1.47 bits per heavy atom. The molecule has 0 aliphatic carbocycles. The lowest BCUT2D eigenvalue weighted by Gasteiger charge is -2.25. The molecule has 3 nitrogen and oxygen atoms in total. The topological polar surface area (TPSA) is 41.6 Å². The molecule has 102 valence electrons. The lowest BCUT2D eigenvalue weighted by molar-refractivity contribution is -0.137. The van der Waals surface area contributed by atoms with Crippen molar-refractivity contribution >= 4 is 5.96 Å². The van der Waals surface area contributed by atoms with Crippen molar-refractivity contribution in [2.45, 2.75) is 12.2 Å². The van der Waals surface area contributed by atoms with Crippen LogP contribution in [-0.4, -0.2) is 23.9 Å². The molecule has 0 saturated carbocycles. The third-order valence-corrected chi connectivity index (χ3v) is 3.02. The number of nitrogens with two attached hydrogens (primary N) is 1. The van der Waals surface area contributed by atoms with Crippen LogP contribution in [0.4, 0.5) is 13.2 Å². The summed E-state index contributed by atoms with van der Waals surface area (Å²) in [5, 5.41) is 0. The third-order valence-electron chi connectivity index (χ3n) is 3.02. The molecular weight excluding hydrogens is 255 g/mol. The molecule has 6 heteroatoms. The first kappa shape index (κ1) is 13.5. The Morgan fingerprint density at radius 2 is 2.21 bits per heavy atom. The molecule has 0 amide bonds. The minimum absolute atomic E-state index is 0.264. The molecule has 0 spiro atoms. The lowest BCUT2D eigenvalue weighted by atomic mass is 10.0. The fraction of sp³-hybridized carbons (Fsp3) is 0.308. The second kappa shape index (κ2) is 4.95. The molecule has 2 rings (SSSR count). The second-order valence-corrected chi connectivity index (χ2v) is 4.28. The van der Waals surface area contributed by atoms with Crippen molar-refractivity contribution in [1.29, 1.82) is 0 Å². The Labute approximate surface area is 109 Å². The highest BCUT2D eigenvalue weighted by molar-refractivity contribution is 5.80. The van der Waals surface area contributed by atoms with Gasteiger partial charge in [0.15, 0.2) is 5.96 Å². The van der Waals surface area contributed by atoms with Crippen LogP contribution in [0, 0.1) is 0 Å². The van der Waals surface area contributed by atoms with E-state index in [1.807, 2.05) is 0 Å². The zero-order chi connectivity index (χ0) is 14.0. The van der Waals surface area contributed by atoms with Crippen molar-refractivity contribution in [2.75, 3.05) is 13.1 Å². The fourth-order valence-electron chi connectivity index (χ4n) is 2.10. The van der Waals surface area contributed by atoms with Crippen LogP contribution in [0.5, 0.6) is 0 Å². The summed E-state index contributed by atoms with van der Waals surface area (Å²) >= 11 is 0. The first-order valence-electron chi connectivity index (χ1n) is 5.78. The fourth-order valence-corrected chi connectivity index (χ4v) is 2.10. The van der Waals surface area contributed by atoms with Crippen LogP contribution < -0.4 is 5.73 Å². The van der Waals surface area contributed by atoms with Gasteiger partial charge in [0.25, 0.3) is 0 Å². The summed E-state index contributed by atoms with van der Waals surface area (Å²) in [5.41, 5.74) is 5.62. The van der Waals surface area contributed by atoms with Crippen LogP contribution in [0.1, 0.15) is 17.2 Å².